The third kappa shape index (κ3) is 3.06. The second-order valence-electron chi connectivity index (χ2n) is 5.96. The van der Waals surface area contributed by atoms with Crippen LogP contribution < -0.4 is 5.32 Å². The van der Waals surface area contributed by atoms with Gasteiger partial charge in [-0.3, -0.25) is 9.59 Å². The van der Waals surface area contributed by atoms with E-state index in [1.165, 1.54) is 4.52 Å². The number of benzene rings is 1. The minimum atomic E-state index is -0.455. The van der Waals surface area contributed by atoms with Crippen molar-refractivity contribution >= 4 is 23.2 Å². The summed E-state index contributed by atoms with van der Waals surface area (Å²) in [5, 5.41) is 6.88. The molecule has 9 nitrogen and oxygen atoms in total. The Hall–Kier alpha value is -3.88. The molecule has 0 saturated heterocycles. The Kier molecular flexibility index (Phi) is 3.96. The summed E-state index contributed by atoms with van der Waals surface area (Å²) in [5.74, 6) is 0.0803. The number of nitrogens with one attached hydrogen (secondary N) is 1. The molecule has 0 aliphatic carbocycles. The molecule has 0 saturated carbocycles. The largest absolute Gasteiger partial charge is 0.331 e. The maximum absolute atomic E-state index is 12.4. The van der Waals surface area contributed by atoms with Crippen molar-refractivity contribution in [2.45, 2.75) is 6.92 Å². The number of amides is 1. The zero-order chi connectivity index (χ0) is 19.0. The van der Waals surface area contributed by atoms with Crippen LogP contribution in [0.5, 0.6) is 0 Å². The third-order valence-electron chi connectivity index (χ3n) is 4.06. The van der Waals surface area contributed by atoms with E-state index >= 15 is 0 Å². The predicted octanol–water partition coefficient (Wildman–Crippen LogP) is 1.65. The van der Waals surface area contributed by atoms with Gasteiger partial charge in [-0.1, -0.05) is 0 Å². The van der Waals surface area contributed by atoms with Gasteiger partial charge in [0.2, 0.25) is 11.6 Å². The molecular weight excluding hydrogens is 346 g/mol. The molecule has 3 heterocycles. The molecule has 0 spiro atoms. The highest BCUT2D eigenvalue weighted by molar-refractivity contribution is 6.07. The Balaban J connectivity index is 1.52. The number of hydrogen-bond donors (Lipinski definition) is 1. The molecule has 1 N–H and O–H groups in total. The number of carbonyl (C=O) groups excluding carboxylic acids is 2. The summed E-state index contributed by atoms with van der Waals surface area (Å²) in [4.78, 5) is 37.1. The van der Waals surface area contributed by atoms with Gasteiger partial charge in [0, 0.05) is 42.6 Å². The van der Waals surface area contributed by atoms with E-state index in [9.17, 15) is 9.59 Å². The van der Waals surface area contributed by atoms with Crippen LogP contribution in [-0.2, 0) is 7.05 Å². The SMILES string of the molecule is Cc1ccnc2nc(C(=O)Nc3ccc(C(=O)c4nccn4C)cc3)nn12. The number of rotatable bonds is 4. The van der Waals surface area contributed by atoms with Crippen molar-refractivity contribution in [1.82, 2.24) is 29.1 Å². The van der Waals surface area contributed by atoms with E-state index in [0.717, 1.165) is 5.69 Å². The van der Waals surface area contributed by atoms with Crippen molar-refractivity contribution in [3.8, 4) is 0 Å². The molecule has 0 unspecified atom stereocenters. The quantitative estimate of drug-likeness (QED) is 0.554. The van der Waals surface area contributed by atoms with Crippen LogP contribution in [0.25, 0.3) is 5.78 Å². The van der Waals surface area contributed by atoms with Gasteiger partial charge in [-0.05, 0) is 37.3 Å². The Morgan fingerprint density at radius 1 is 1.04 bits per heavy atom. The van der Waals surface area contributed by atoms with Gasteiger partial charge in [0.1, 0.15) is 0 Å². The van der Waals surface area contributed by atoms with Crippen LogP contribution in [-0.4, -0.2) is 40.8 Å². The average molecular weight is 361 g/mol. The minimum absolute atomic E-state index is 0.0185. The molecule has 0 aliphatic heterocycles. The van der Waals surface area contributed by atoms with E-state index in [1.807, 2.05) is 6.92 Å². The first-order chi connectivity index (χ1) is 13.0. The van der Waals surface area contributed by atoms with Crippen molar-refractivity contribution < 1.29 is 9.59 Å². The fourth-order valence-corrected chi connectivity index (χ4v) is 2.61. The minimum Gasteiger partial charge on any atom is -0.331 e. The van der Waals surface area contributed by atoms with Gasteiger partial charge in [0.15, 0.2) is 5.82 Å². The summed E-state index contributed by atoms with van der Waals surface area (Å²) < 4.78 is 3.16. The number of imidazole rings is 1. The van der Waals surface area contributed by atoms with Crippen LogP contribution in [0.3, 0.4) is 0 Å². The van der Waals surface area contributed by atoms with Crippen molar-refractivity contribution in [3.05, 3.63) is 71.8 Å². The lowest BCUT2D eigenvalue weighted by atomic mass is 10.1. The van der Waals surface area contributed by atoms with Crippen LogP contribution in [0.15, 0.2) is 48.9 Å². The smallest absolute Gasteiger partial charge is 0.295 e. The highest BCUT2D eigenvalue weighted by atomic mass is 16.2. The van der Waals surface area contributed by atoms with Gasteiger partial charge in [-0.25, -0.2) is 14.5 Å². The van der Waals surface area contributed by atoms with Crippen LogP contribution in [0.1, 0.15) is 32.5 Å². The molecule has 134 valence electrons. The number of carbonyl (C=O) groups is 2. The molecule has 0 radical (unpaired) electrons. The molecule has 4 rings (SSSR count). The van der Waals surface area contributed by atoms with Crippen LogP contribution >= 0.6 is 0 Å². The standard InChI is InChI=1S/C18H15N7O2/c1-11-7-8-20-18-22-15(23-25(11)18)17(27)21-13-5-3-12(4-6-13)14(26)16-19-9-10-24(16)2/h3-10H,1-2H3,(H,21,27). The molecule has 9 heteroatoms. The molecule has 0 aliphatic rings. The zero-order valence-corrected chi connectivity index (χ0v) is 14.6. The Morgan fingerprint density at radius 3 is 2.48 bits per heavy atom. The number of nitrogens with zero attached hydrogens (tertiary/aromatic N) is 6. The molecule has 0 atom stereocenters. The van der Waals surface area contributed by atoms with Gasteiger partial charge < -0.3 is 9.88 Å². The number of aryl methyl sites for hydroxylation is 2. The summed E-state index contributed by atoms with van der Waals surface area (Å²) in [6, 6.07) is 8.34. The fourth-order valence-electron chi connectivity index (χ4n) is 2.61. The monoisotopic (exact) mass is 361 g/mol. The number of aromatic nitrogens is 6. The summed E-state index contributed by atoms with van der Waals surface area (Å²) in [6.45, 7) is 1.85. The highest BCUT2D eigenvalue weighted by Crippen LogP contribution is 2.14. The van der Waals surface area contributed by atoms with Gasteiger partial charge in [-0.15, -0.1) is 5.10 Å². The Morgan fingerprint density at radius 2 is 1.81 bits per heavy atom. The number of hydrogen-bond acceptors (Lipinski definition) is 6. The molecule has 0 bridgehead atoms. The average Bonchev–Trinajstić information content (AvgIpc) is 3.29. The van der Waals surface area contributed by atoms with Gasteiger partial charge >= 0.3 is 0 Å². The maximum Gasteiger partial charge on any atom is 0.295 e. The van der Waals surface area contributed by atoms with Crippen molar-refractivity contribution in [1.29, 1.82) is 0 Å². The van der Waals surface area contributed by atoms with E-state index in [1.54, 1.807) is 60.5 Å². The lowest BCUT2D eigenvalue weighted by molar-refractivity contribution is 0.101. The van der Waals surface area contributed by atoms with Crippen LogP contribution in [0.4, 0.5) is 5.69 Å². The van der Waals surface area contributed by atoms with E-state index in [2.05, 4.69) is 25.4 Å². The van der Waals surface area contributed by atoms with E-state index < -0.39 is 5.91 Å². The normalized spacial score (nSPS) is 10.9. The lowest BCUT2D eigenvalue weighted by Crippen LogP contribution is -2.14. The van der Waals surface area contributed by atoms with Gasteiger partial charge in [0.25, 0.3) is 11.7 Å². The topological polar surface area (TPSA) is 107 Å². The number of anilines is 1. The molecular formula is C18H15N7O2. The van der Waals surface area contributed by atoms with Crippen molar-refractivity contribution in [3.63, 3.8) is 0 Å². The van der Waals surface area contributed by atoms with Crippen molar-refractivity contribution in [2.75, 3.05) is 5.32 Å². The molecule has 0 fully saturated rings. The van der Waals surface area contributed by atoms with E-state index in [4.69, 9.17) is 0 Å². The van der Waals surface area contributed by atoms with Gasteiger partial charge in [0.05, 0.1) is 0 Å². The first kappa shape index (κ1) is 16.6. The lowest BCUT2D eigenvalue weighted by Gasteiger charge is -2.05. The van der Waals surface area contributed by atoms with Crippen LogP contribution in [0, 0.1) is 6.92 Å². The first-order valence-corrected chi connectivity index (χ1v) is 8.15. The second-order valence-corrected chi connectivity index (χ2v) is 5.96. The molecule has 1 aromatic carbocycles. The highest BCUT2D eigenvalue weighted by Gasteiger charge is 2.16. The number of ketones is 1. The van der Waals surface area contributed by atoms with Crippen molar-refractivity contribution in [2.24, 2.45) is 7.05 Å². The summed E-state index contributed by atoms with van der Waals surface area (Å²) in [6.07, 6.45) is 4.89. The summed E-state index contributed by atoms with van der Waals surface area (Å²) in [7, 11) is 1.76. The second kappa shape index (κ2) is 6.45. The van der Waals surface area contributed by atoms with E-state index in [-0.39, 0.29) is 11.6 Å². The molecule has 4 aromatic rings. The Labute approximate surface area is 153 Å². The van der Waals surface area contributed by atoms with Crippen LogP contribution in [0.2, 0.25) is 0 Å². The summed E-state index contributed by atoms with van der Waals surface area (Å²) in [5.41, 5.74) is 1.83. The molecule has 27 heavy (non-hydrogen) atoms. The van der Waals surface area contributed by atoms with E-state index in [0.29, 0.717) is 22.9 Å². The maximum atomic E-state index is 12.4. The summed E-state index contributed by atoms with van der Waals surface area (Å²) >= 11 is 0. The first-order valence-electron chi connectivity index (χ1n) is 8.15. The van der Waals surface area contributed by atoms with Gasteiger partial charge in [-0.2, -0.15) is 4.98 Å². The number of fused-ring (bicyclic) bond motifs is 1. The predicted molar refractivity (Wildman–Crippen MR) is 96.6 cm³/mol. The Bertz CT molecular complexity index is 1160. The molecule has 3 aromatic heterocycles. The zero-order valence-electron chi connectivity index (χ0n) is 14.6. The fraction of sp³-hybridized carbons (Fsp3) is 0.111. The molecule has 1 amide bonds. The third-order valence-corrected chi connectivity index (χ3v) is 4.06.